The number of rotatable bonds is 2. The van der Waals surface area contributed by atoms with E-state index in [-0.39, 0.29) is 18.2 Å². The number of ether oxygens (including phenoxy) is 1. The van der Waals surface area contributed by atoms with Crippen LogP contribution in [0.4, 0.5) is 0 Å². The molecule has 0 amide bonds. The smallest absolute Gasteiger partial charge is 0.360 e. The molecule has 0 aromatic heterocycles. The predicted molar refractivity (Wildman–Crippen MR) is 62.3 cm³/mol. The molecule has 17 heavy (non-hydrogen) atoms. The molecule has 1 N–H and O–H groups in total. The highest BCUT2D eigenvalue weighted by atomic mass is 35.5. The lowest BCUT2D eigenvalue weighted by atomic mass is 10.0. The van der Waals surface area contributed by atoms with Crippen molar-refractivity contribution in [1.29, 1.82) is 0 Å². The van der Waals surface area contributed by atoms with E-state index in [4.69, 9.17) is 16.3 Å². The Hall–Kier alpha value is -1.82. The molecule has 2 atom stereocenters. The van der Waals surface area contributed by atoms with E-state index in [1.54, 1.807) is 12.1 Å². The number of benzene rings is 1. The van der Waals surface area contributed by atoms with Crippen LogP contribution in [0.15, 0.2) is 29.4 Å². The van der Waals surface area contributed by atoms with Gasteiger partial charge in [0.2, 0.25) is 0 Å². The molecule has 90 valence electrons. The molecule has 2 unspecified atom stereocenters. The molecule has 0 saturated carbocycles. The SMILES string of the molecule is CC1N/C(=N\[N+](=O)[O-])OC1c1ccc(Cl)cc1. The van der Waals surface area contributed by atoms with Crippen molar-refractivity contribution in [2.75, 3.05) is 0 Å². The zero-order valence-electron chi connectivity index (χ0n) is 8.96. The van der Waals surface area contributed by atoms with E-state index in [9.17, 15) is 10.1 Å². The van der Waals surface area contributed by atoms with Crippen LogP contribution in [0.25, 0.3) is 0 Å². The molecular weight excluding hydrogens is 246 g/mol. The van der Waals surface area contributed by atoms with Crippen LogP contribution in [0.3, 0.4) is 0 Å². The first-order valence-electron chi connectivity index (χ1n) is 4.98. The molecule has 0 spiro atoms. The molecule has 0 bridgehead atoms. The van der Waals surface area contributed by atoms with Gasteiger partial charge in [-0.05, 0) is 24.6 Å². The van der Waals surface area contributed by atoms with Gasteiger partial charge < -0.3 is 10.1 Å². The molecule has 6 nitrogen and oxygen atoms in total. The Balaban J connectivity index is 2.18. The van der Waals surface area contributed by atoms with Crippen molar-refractivity contribution in [1.82, 2.24) is 5.32 Å². The van der Waals surface area contributed by atoms with Crippen LogP contribution >= 0.6 is 11.6 Å². The number of nitrogens with zero attached hydrogens (tertiary/aromatic N) is 2. The van der Waals surface area contributed by atoms with Gasteiger partial charge in [-0.2, -0.15) is 0 Å². The fourth-order valence-corrected chi connectivity index (χ4v) is 1.79. The van der Waals surface area contributed by atoms with Crippen LogP contribution < -0.4 is 5.32 Å². The molecule has 1 fully saturated rings. The standard InChI is InChI=1S/C10H10ClN3O3/c1-6-9(7-2-4-8(11)5-3-7)17-10(12-6)13-14(15)16/h2-6,9H,1H3,(H,12,13). The molecule has 1 aliphatic heterocycles. The molecule has 0 aliphatic carbocycles. The molecule has 2 rings (SSSR count). The molecule has 1 heterocycles. The van der Waals surface area contributed by atoms with Crippen molar-refractivity contribution in [3.8, 4) is 0 Å². The average Bonchev–Trinajstić information content (AvgIpc) is 2.59. The van der Waals surface area contributed by atoms with Gasteiger partial charge in [-0.15, -0.1) is 0 Å². The molecule has 1 saturated heterocycles. The second kappa shape index (κ2) is 4.58. The van der Waals surface area contributed by atoms with E-state index in [0.717, 1.165) is 5.56 Å². The Morgan fingerprint density at radius 2 is 2.12 bits per heavy atom. The molecule has 0 radical (unpaired) electrons. The summed E-state index contributed by atoms with van der Waals surface area (Å²) in [6.07, 6.45) is -0.300. The van der Waals surface area contributed by atoms with E-state index in [1.165, 1.54) is 0 Å². The summed E-state index contributed by atoms with van der Waals surface area (Å²) in [5.41, 5.74) is 0.892. The molecule has 1 aliphatic rings. The second-order valence-corrected chi connectivity index (χ2v) is 4.10. The van der Waals surface area contributed by atoms with Gasteiger partial charge >= 0.3 is 6.02 Å². The Kier molecular flexibility index (Phi) is 3.14. The fraction of sp³-hybridized carbons (Fsp3) is 0.300. The summed E-state index contributed by atoms with van der Waals surface area (Å²) in [7, 11) is 0. The summed E-state index contributed by atoms with van der Waals surface area (Å²) >= 11 is 5.78. The van der Waals surface area contributed by atoms with Gasteiger partial charge in [-0.1, -0.05) is 23.7 Å². The first-order chi connectivity index (χ1) is 8.06. The minimum absolute atomic E-state index is 0.0672. The number of nitrogens with one attached hydrogen (secondary N) is 1. The molecule has 1 aromatic rings. The van der Waals surface area contributed by atoms with Crippen molar-refractivity contribution >= 4 is 17.6 Å². The van der Waals surface area contributed by atoms with Gasteiger partial charge in [0.15, 0.2) is 5.03 Å². The topological polar surface area (TPSA) is 76.8 Å². The highest BCUT2D eigenvalue weighted by Crippen LogP contribution is 2.27. The Morgan fingerprint density at radius 3 is 2.71 bits per heavy atom. The third-order valence-corrected chi connectivity index (χ3v) is 2.67. The van der Waals surface area contributed by atoms with Gasteiger partial charge in [-0.25, -0.2) is 10.1 Å². The highest BCUT2D eigenvalue weighted by Gasteiger charge is 2.32. The molecule has 1 aromatic carbocycles. The van der Waals surface area contributed by atoms with Crippen molar-refractivity contribution in [3.63, 3.8) is 0 Å². The second-order valence-electron chi connectivity index (χ2n) is 3.67. The maximum atomic E-state index is 10.2. The van der Waals surface area contributed by atoms with Crippen LogP contribution in [-0.4, -0.2) is 17.1 Å². The van der Waals surface area contributed by atoms with E-state index < -0.39 is 5.03 Å². The Morgan fingerprint density at radius 1 is 1.47 bits per heavy atom. The Labute approximate surface area is 102 Å². The van der Waals surface area contributed by atoms with E-state index in [1.807, 2.05) is 19.1 Å². The number of hydrogen-bond acceptors (Lipinski definition) is 3. The largest absolute Gasteiger partial charge is 0.451 e. The number of halogens is 1. The van der Waals surface area contributed by atoms with Crippen molar-refractivity contribution in [2.24, 2.45) is 5.10 Å². The van der Waals surface area contributed by atoms with Crippen LogP contribution in [0.1, 0.15) is 18.6 Å². The predicted octanol–water partition coefficient (Wildman–Crippen LogP) is 1.94. The third kappa shape index (κ3) is 2.65. The van der Waals surface area contributed by atoms with Gasteiger partial charge in [0.1, 0.15) is 11.2 Å². The first-order valence-corrected chi connectivity index (χ1v) is 5.35. The summed E-state index contributed by atoms with van der Waals surface area (Å²) in [4.78, 5) is 10.2. The number of nitro groups is 1. The van der Waals surface area contributed by atoms with Crippen LogP contribution in [-0.2, 0) is 4.74 Å². The van der Waals surface area contributed by atoms with Crippen molar-refractivity contribution in [2.45, 2.75) is 19.1 Å². The van der Waals surface area contributed by atoms with Gasteiger partial charge in [-0.3, -0.25) is 0 Å². The van der Waals surface area contributed by atoms with Crippen molar-refractivity contribution < 1.29 is 9.77 Å². The van der Waals surface area contributed by atoms with E-state index in [2.05, 4.69) is 10.4 Å². The van der Waals surface area contributed by atoms with Gasteiger partial charge in [0.25, 0.3) is 0 Å². The van der Waals surface area contributed by atoms with Gasteiger partial charge in [0, 0.05) is 5.02 Å². The zero-order chi connectivity index (χ0) is 12.4. The summed E-state index contributed by atoms with van der Waals surface area (Å²) in [6, 6.07) is 6.98. The number of hydrazone groups is 1. The maximum absolute atomic E-state index is 10.2. The molecule has 7 heteroatoms. The lowest BCUT2D eigenvalue weighted by molar-refractivity contribution is -0.486. The number of hydrogen-bond donors (Lipinski definition) is 1. The average molecular weight is 256 g/mol. The summed E-state index contributed by atoms with van der Waals surface area (Å²) in [5.74, 6) is 0. The molecular formula is C10H10ClN3O3. The summed E-state index contributed by atoms with van der Waals surface area (Å²) < 4.78 is 5.36. The van der Waals surface area contributed by atoms with Gasteiger partial charge in [0.05, 0.1) is 6.04 Å². The minimum Gasteiger partial charge on any atom is -0.451 e. The number of amidine groups is 1. The maximum Gasteiger partial charge on any atom is 0.360 e. The zero-order valence-corrected chi connectivity index (χ0v) is 9.72. The normalized spacial score (nSPS) is 25.4. The fourth-order valence-electron chi connectivity index (χ4n) is 1.66. The summed E-state index contributed by atoms with van der Waals surface area (Å²) in [6.45, 7) is 1.86. The van der Waals surface area contributed by atoms with Crippen LogP contribution in [0.5, 0.6) is 0 Å². The van der Waals surface area contributed by atoms with Crippen LogP contribution in [0.2, 0.25) is 5.02 Å². The quantitative estimate of drug-likeness (QED) is 0.647. The minimum atomic E-state index is -0.792. The monoisotopic (exact) mass is 255 g/mol. The first kappa shape index (κ1) is 11.7. The lowest BCUT2D eigenvalue weighted by Gasteiger charge is -2.12. The highest BCUT2D eigenvalue weighted by molar-refractivity contribution is 6.30. The lowest BCUT2D eigenvalue weighted by Crippen LogP contribution is -2.25. The van der Waals surface area contributed by atoms with E-state index >= 15 is 0 Å². The third-order valence-electron chi connectivity index (χ3n) is 2.41. The van der Waals surface area contributed by atoms with Crippen LogP contribution in [0, 0.1) is 10.1 Å². The van der Waals surface area contributed by atoms with E-state index in [0.29, 0.717) is 5.02 Å². The van der Waals surface area contributed by atoms with Crippen molar-refractivity contribution in [3.05, 3.63) is 45.0 Å². The Bertz CT molecular complexity index is 460. The summed E-state index contributed by atoms with van der Waals surface area (Å²) in [5, 5.41) is 16.0.